The van der Waals surface area contributed by atoms with Crippen LogP contribution in [-0.2, 0) is 21.4 Å². The normalized spacial score (nSPS) is 27.1. The number of aliphatic carboxylic acids is 1. The van der Waals surface area contributed by atoms with Crippen LogP contribution in [0.15, 0.2) is 6.07 Å². The lowest BCUT2D eigenvalue weighted by Crippen LogP contribution is -2.42. The van der Waals surface area contributed by atoms with E-state index in [1.54, 1.807) is 6.92 Å². The lowest BCUT2D eigenvalue weighted by molar-refractivity contribution is -0.148. The molecule has 8 nitrogen and oxygen atoms in total. The molecule has 0 spiro atoms. The van der Waals surface area contributed by atoms with Gasteiger partial charge >= 0.3 is 5.97 Å². The van der Waals surface area contributed by atoms with Crippen molar-refractivity contribution in [3.63, 3.8) is 0 Å². The number of fused-ring (bicyclic) bond motifs is 1. The maximum absolute atomic E-state index is 12.2. The second-order valence-electron chi connectivity index (χ2n) is 7.59. The van der Waals surface area contributed by atoms with E-state index in [4.69, 9.17) is 0 Å². The zero-order valence-electron chi connectivity index (χ0n) is 15.7. The molecule has 1 aromatic rings. The Bertz CT molecular complexity index is 791. The Hall–Kier alpha value is -1.45. The Morgan fingerprint density at radius 1 is 1.31 bits per heavy atom. The zero-order valence-corrected chi connectivity index (χ0v) is 16.5. The number of carboxylic acids is 1. The van der Waals surface area contributed by atoms with Gasteiger partial charge in [-0.05, 0) is 39.8 Å². The molecule has 0 amide bonds. The molecular formula is C17H28N4O4S. The molecule has 0 radical (unpaired) electrons. The molecule has 2 saturated heterocycles. The highest BCUT2D eigenvalue weighted by atomic mass is 32.2. The van der Waals surface area contributed by atoms with Gasteiger partial charge in [-0.25, -0.2) is 12.7 Å². The maximum atomic E-state index is 12.2. The average molecular weight is 385 g/mol. The van der Waals surface area contributed by atoms with Crippen LogP contribution in [0.25, 0.3) is 0 Å². The average Bonchev–Trinajstić information content (AvgIpc) is 3.18. The molecule has 2 aliphatic heterocycles. The number of carboxylic acid groups (broad SMARTS) is 1. The molecule has 26 heavy (non-hydrogen) atoms. The summed E-state index contributed by atoms with van der Waals surface area (Å²) in [6.07, 6.45) is 0.890. The lowest BCUT2D eigenvalue weighted by Gasteiger charge is -2.25. The van der Waals surface area contributed by atoms with Crippen molar-refractivity contribution in [3.8, 4) is 0 Å². The molecule has 9 heteroatoms. The molecule has 0 aromatic carbocycles. The van der Waals surface area contributed by atoms with Gasteiger partial charge in [-0.2, -0.15) is 5.10 Å². The molecule has 0 saturated carbocycles. The van der Waals surface area contributed by atoms with Gasteiger partial charge in [0.05, 0.1) is 16.9 Å². The van der Waals surface area contributed by atoms with Gasteiger partial charge in [-0.15, -0.1) is 0 Å². The van der Waals surface area contributed by atoms with E-state index >= 15 is 0 Å². The van der Waals surface area contributed by atoms with Crippen molar-refractivity contribution in [3.05, 3.63) is 17.5 Å². The van der Waals surface area contributed by atoms with Crippen molar-refractivity contribution >= 4 is 16.0 Å². The first-order chi connectivity index (χ1) is 12.2. The quantitative estimate of drug-likeness (QED) is 0.738. The number of rotatable bonds is 7. The molecule has 2 atom stereocenters. The number of sulfonamides is 1. The molecule has 2 aliphatic rings. The summed E-state index contributed by atoms with van der Waals surface area (Å²) < 4.78 is 27.7. The van der Waals surface area contributed by atoms with Gasteiger partial charge in [0.25, 0.3) is 0 Å². The van der Waals surface area contributed by atoms with E-state index in [0.717, 1.165) is 30.9 Å². The standard InChI is InChI=1S/C17H28N4O4S/c1-4-26(24,25)20-10-15-9-19(11-17(15,12-20)16(22)23)6-5-7-21-14(3)8-13(2)18-21/h8,15H,4-7,9-12H2,1-3H3,(H,22,23)/t15-,17-/m0/s1. The zero-order chi connectivity index (χ0) is 19.1. The smallest absolute Gasteiger partial charge is 0.312 e. The number of aryl methyl sites for hydroxylation is 3. The van der Waals surface area contributed by atoms with E-state index in [1.165, 1.54) is 4.31 Å². The van der Waals surface area contributed by atoms with Gasteiger partial charge in [0.2, 0.25) is 10.0 Å². The van der Waals surface area contributed by atoms with Crippen LogP contribution in [0.1, 0.15) is 24.7 Å². The first-order valence-corrected chi connectivity index (χ1v) is 10.7. The van der Waals surface area contributed by atoms with Gasteiger partial charge in [-0.1, -0.05) is 0 Å². The minimum absolute atomic E-state index is 0.0156. The van der Waals surface area contributed by atoms with Crippen LogP contribution in [0.3, 0.4) is 0 Å². The fraction of sp³-hybridized carbons (Fsp3) is 0.765. The van der Waals surface area contributed by atoms with Gasteiger partial charge in [-0.3, -0.25) is 9.48 Å². The summed E-state index contributed by atoms with van der Waals surface area (Å²) in [5.74, 6) is -1.01. The van der Waals surface area contributed by atoms with E-state index in [0.29, 0.717) is 19.6 Å². The number of nitrogens with zero attached hydrogens (tertiary/aromatic N) is 4. The van der Waals surface area contributed by atoms with Crippen LogP contribution < -0.4 is 0 Å². The van der Waals surface area contributed by atoms with E-state index in [1.807, 2.05) is 24.6 Å². The summed E-state index contributed by atoms with van der Waals surface area (Å²) in [5, 5.41) is 14.3. The molecule has 1 aromatic heterocycles. The van der Waals surface area contributed by atoms with Crippen molar-refractivity contribution in [2.75, 3.05) is 38.5 Å². The summed E-state index contributed by atoms with van der Waals surface area (Å²) in [6.45, 7) is 8.66. The van der Waals surface area contributed by atoms with Gasteiger partial charge in [0.1, 0.15) is 0 Å². The largest absolute Gasteiger partial charge is 0.481 e. The second-order valence-corrected chi connectivity index (χ2v) is 9.85. The summed E-state index contributed by atoms with van der Waals surface area (Å²) in [6, 6.07) is 2.04. The van der Waals surface area contributed by atoms with E-state index < -0.39 is 21.4 Å². The van der Waals surface area contributed by atoms with Crippen LogP contribution in [0.5, 0.6) is 0 Å². The van der Waals surface area contributed by atoms with Crippen molar-refractivity contribution < 1.29 is 18.3 Å². The van der Waals surface area contributed by atoms with E-state index in [9.17, 15) is 18.3 Å². The molecule has 3 rings (SSSR count). The first-order valence-electron chi connectivity index (χ1n) is 9.12. The SMILES string of the molecule is CCS(=O)(=O)N1C[C@@H]2CN(CCCn3nc(C)cc3C)C[C@]2(C(=O)O)C1. The minimum Gasteiger partial charge on any atom is -0.481 e. The molecule has 0 aliphatic carbocycles. The number of carbonyl (C=O) groups is 1. The second kappa shape index (κ2) is 6.94. The third kappa shape index (κ3) is 3.39. The minimum atomic E-state index is -3.34. The Balaban J connectivity index is 1.61. The Morgan fingerprint density at radius 3 is 2.58 bits per heavy atom. The predicted molar refractivity (Wildman–Crippen MR) is 97.4 cm³/mol. The topological polar surface area (TPSA) is 95.7 Å². The first kappa shape index (κ1) is 19.3. The third-order valence-corrected chi connectivity index (χ3v) is 7.57. The Labute approximate surface area is 154 Å². The van der Waals surface area contributed by atoms with Gasteiger partial charge < -0.3 is 10.0 Å². The van der Waals surface area contributed by atoms with Gasteiger partial charge in [0, 0.05) is 44.3 Å². The van der Waals surface area contributed by atoms with E-state index in [-0.39, 0.29) is 18.2 Å². The van der Waals surface area contributed by atoms with Crippen LogP contribution in [0.4, 0.5) is 0 Å². The number of hydrogen-bond donors (Lipinski definition) is 1. The van der Waals surface area contributed by atoms with Crippen LogP contribution in [-0.4, -0.2) is 77.0 Å². The third-order valence-electron chi connectivity index (χ3n) is 5.78. The molecule has 0 bridgehead atoms. The summed E-state index contributed by atoms with van der Waals surface area (Å²) in [4.78, 5) is 14.2. The maximum Gasteiger partial charge on any atom is 0.312 e. The van der Waals surface area contributed by atoms with Crippen molar-refractivity contribution in [2.24, 2.45) is 11.3 Å². The molecular weight excluding hydrogens is 356 g/mol. The predicted octanol–water partition coefficient (Wildman–Crippen LogP) is 0.558. The lowest BCUT2D eigenvalue weighted by atomic mass is 9.81. The summed E-state index contributed by atoms with van der Waals surface area (Å²) in [7, 11) is -3.34. The fourth-order valence-electron chi connectivity index (χ4n) is 4.34. The van der Waals surface area contributed by atoms with Crippen molar-refractivity contribution in [2.45, 2.75) is 33.7 Å². The Kier molecular flexibility index (Phi) is 5.15. The number of aromatic nitrogens is 2. The highest BCUT2D eigenvalue weighted by Gasteiger charge is 2.59. The Morgan fingerprint density at radius 2 is 2.04 bits per heavy atom. The van der Waals surface area contributed by atoms with E-state index in [2.05, 4.69) is 10.00 Å². The number of hydrogen-bond acceptors (Lipinski definition) is 5. The van der Waals surface area contributed by atoms with Crippen LogP contribution in [0.2, 0.25) is 0 Å². The molecule has 3 heterocycles. The van der Waals surface area contributed by atoms with Crippen LogP contribution in [0, 0.1) is 25.2 Å². The van der Waals surface area contributed by atoms with Crippen LogP contribution >= 0.6 is 0 Å². The summed E-state index contributed by atoms with van der Waals surface area (Å²) >= 11 is 0. The highest BCUT2D eigenvalue weighted by molar-refractivity contribution is 7.89. The monoisotopic (exact) mass is 384 g/mol. The number of likely N-dealkylation sites (tertiary alicyclic amines) is 1. The highest BCUT2D eigenvalue weighted by Crippen LogP contribution is 2.43. The van der Waals surface area contributed by atoms with Crippen molar-refractivity contribution in [1.82, 2.24) is 19.0 Å². The molecule has 0 unspecified atom stereocenters. The summed E-state index contributed by atoms with van der Waals surface area (Å²) in [5.41, 5.74) is 1.16. The fourth-order valence-corrected chi connectivity index (χ4v) is 5.54. The van der Waals surface area contributed by atoms with Crippen molar-refractivity contribution in [1.29, 1.82) is 0 Å². The molecule has 146 valence electrons. The molecule has 2 fully saturated rings. The molecule has 1 N–H and O–H groups in total. The van der Waals surface area contributed by atoms with Gasteiger partial charge in [0.15, 0.2) is 0 Å².